The molecule has 0 heterocycles. The third-order valence-electron chi connectivity index (χ3n) is 4.45. The van der Waals surface area contributed by atoms with Crippen molar-refractivity contribution in [1.29, 1.82) is 0 Å². The van der Waals surface area contributed by atoms with E-state index in [9.17, 15) is 0 Å². The molecule has 0 aliphatic heterocycles. The van der Waals surface area contributed by atoms with Gasteiger partial charge in [-0.05, 0) is 52.6 Å². The van der Waals surface area contributed by atoms with Crippen LogP contribution in [0.5, 0.6) is 0 Å². The molecule has 0 fully saturated rings. The molecule has 0 unspecified atom stereocenters. The molecule has 0 atom stereocenters. The Morgan fingerprint density at radius 3 is 1.44 bits per heavy atom. The van der Waals surface area contributed by atoms with Crippen molar-refractivity contribution in [3.05, 3.63) is 132 Å². The van der Waals surface area contributed by atoms with Gasteiger partial charge in [0.1, 0.15) is 0 Å². The van der Waals surface area contributed by atoms with Crippen molar-refractivity contribution in [2.24, 2.45) is 0 Å². The van der Waals surface area contributed by atoms with Crippen molar-refractivity contribution in [2.75, 3.05) is 5.32 Å². The smallest absolute Gasteiger partial charge is 0.0384 e. The van der Waals surface area contributed by atoms with E-state index >= 15 is 0 Å². The number of nitrogens with one attached hydrogen (secondary N) is 1. The molecule has 0 aliphatic rings. The van der Waals surface area contributed by atoms with Crippen LogP contribution in [0.2, 0.25) is 0 Å². The minimum Gasteiger partial charge on any atom is -0.356 e. The molecule has 1 heteroatoms. The second-order valence-electron chi connectivity index (χ2n) is 6.40. The number of anilines is 2. The van der Waals surface area contributed by atoms with Crippen LogP contribution in [0.4, 0.5) is 11.4 Å². The van der Waals surface area contributed by atoms with Crippen LogP contribution in [-0.2, 0) is 0 Å². The van der Waals surface area contributed by atoms with Gasteiger partial charge in [-0.1, -0.05) is 91.0 Å². The summed E-state index contributed by atoms with van der Waals surface area (Å²) >= 11 is 0. The lowest BCUT2D eigenvalue weighted by atomic mass is 9.96. The average Bonchev–Trinajstić information content (AvgIpc) is 2.75. The average molecular weight is 347 g/mol. The van der Waals surface area contributed by atoms with Crippen molar-refractivity contribution >= 4 is 23.0 Å². The number of hydrogen-bond acceptors (Lipinski definition) is 1. The summed E-state index contributed by atoms with van der Waals surface area (Å²) < 4.78 is 0. The number of rotatable bonds is 5. The highest BCUT2D eigenvalue weighted by molar-refractivity contribution is 5.91. The Bertz CT molecular complexity index is 961. The largest absolute Gasteiger partial charge is 0.356 e. The number of para-hydroxylation sites is 1. The van der Waals surface area contributed by atoms with Gasteiger partial charge in [0.15, 0.2) is 0 Å². The Balaban J connectivity index is 1.64. The van der Waals surface area contributed by atoms with Gasteiger partial charge in [-0.15, -0.1) is 0 Å². The summed E-state index contributed by atoms with van der Waals surface area (Å²) in [5, 5.41) is 3.43. The SMILES string of the molecule is C(=C(c1ccccc1)c1ccccc1)c1ccc(Nc2ccccc2)cc1. The van der Waals surface area contributed by atoms with Crippen LogP contribution in [0.3, 0.4) is 0 Å². The van der Waals surface area contributed by atoms with Crippen LogP contribution in [0, 0.1) is 0 Å². The molecule has 0 spiro atoms. The normalized spacial score (nSPS) is 10.2. The van der Waals surface area contributed by atoms with Crippen LogP contribution in [-0.4, -0.2) is 0 Å². The van der Waals surface area contributed by atoms with Crippen LogP contribution in [0.15, 0.2) is 115 Å². The summed E-state index contributed by atoms with van der Waals surface area (Å²) in [6.07, 6.45) is 2.25. The maximum Gasteiger partial charge on any atom is 0.0384 e. The van der Waals surface area contributed by atoms with Gasteiger partial charge in [-0.25, -0.2) is 0 Å². The lowest BCUT2D eigenvalue weighted by molar-refractivity contribution is 1.53. The molecule has 4 aromatic carbocycles. The van der Waals surface area contributed by atoms with Crippen LogP contribution in [0.1, 0.15) is 16.7 Å². The first kappa shape index (κ1) is 16.9. The molecule has 4 rings (SSSR count). The number of benzene rings is 4. The zero-order chi connectivity index (χ0) is 18.3. The predicted octanol–water partition coefficient (Wildman–Crippen LogP) is 7.02. The Morgan fingerprint density at radius 2 is 0.926 bits per heavy atom. The summed E-state index contributed by atoms with van der Waals surface area (Å²) in [5.74, 6) is 0. The fourth-order valence-electron chi connectivity index (χ4n) is 3.09. The van der Waals surface area contributed by atoms with Gasteiger partial charge >= 0.3 is 0 Å². The summed E-state index contributed by atoms with van der Waals surface area (Å²) in [6.45, 7) is 0. The van der Waals surface area contributed by atoms with Crippen LogP contribution < -0.4 is 5.32 Å². The van der Waals surface area contributed by atoms with E-state index in [0.717, 1.165) is 11.4 Å². The molecule has 27 heavy (non-hydrogen) atoms. The quantitative estimate of drug-likeness (QED) is 0.382. The Morgan fingerprint density at radius 1 is 0.481 bits per heavy atom. The van der Waals surface area contributed by atoms with E-state index in [1.807, 2.05) is 18.2 Å². The van der Waals surface area contributed by atoms with Gasteiger partial charge in [-0.3, -0.25) is 0 Å². The van der Waals surface area contributed by atoms with Crippen molar-refractivity contribution in [3.8, 4) is 0 Å². The fourth-order valence-corrected chi connectivity index (χ4v) is 3.09. The van der Waals surface area contributed by atoms with E-state index in [2.05, 4.69) is 108 Å². The summed E-state index contributed by atoms with van der Waals surface area (Å²) in [6, 6.07) is 39.8. The molecule has 130 valence electrons. The van der Waals surface area contributed by atoms with Crippen molar-refractivity contribution in [3.63, 3.8) is 0 Å². The third kappa shape index (κ3) is 4.34. The molecular weight excluding hydrogens is 326 g/mol. The van der Waals surface area contributed by atoms with Crippen LogP contribution in [0.25, 0.3) is 11.6 Å². The Labute approximate surface area is 160 Å². The van der Waals surface area contributed by atoms with E-state index in [4.69, 9.17) is 0 Å². The highest BCUT2D eigenvalue weighted by Gasteiger charge is 2.05. The lowest BCUT2D eigenvalue weighted by Gasteiger charge is -2.10. The first-order chi connectivity index (χ1) is 13.4. The summed E-state index contributed by atoms with van der Waals surface area (Å²) in [5.41, 5.74) is 7.01. The summed E-state index contributed by atoms with van der Waals surface area (Å²) in [4.78, 5) is 0. The predicted molar refractivity (Wildman–Crippen MR) is 116 cm³/mol. The maximum atomic E-state index is 3.43. The summed E-state index contributed by atoms with van der Waals surface area (Å²) in [7, 11) is 0. The molecule has 0 saturated carbocycles. The molecule has 0 aromatic heterocycles. The van der Waals surface area contributed by atoms with Crippen molar-refractivity contribution < 1.29 is 0 Å². The standard InChI is InChI=1S/C26H21N/c1-4-10-22(11-5-1)26(23-12-6-2-7-13-23)20-21-16-18-25(19-17-21)27-24-14-8-3-9-15-24/h1-20,27H. The molecule has 0 bridgehead atoms. The topological polar surface area (TPSA) is 12.0 Å². The molecule has 0 radical (unpaired) electrons. The van der Waals surface area contributed by atoms with Crippen molar-refractivity contribution in [1.82, 2.24) is 0 Å². The zero-order valence-electron chi connectivity index (χ0n) is 15.0. The van der Waals surface area contributed by atoms with Crippen molar-refractivity contribution in [2.45, 2.75) is 0 Å². The number of hydrogen-bond donors (Lipinski definition) is 1. The molecular formula is C26H21N. The van der Waals surface area contributed by atoms with Gasteiger partial charge in [0.25, 0.3) is 0 Å². The second-order valence-corrected chi connectivity index (χ2v) is 6.40. The third-order valence-corrected chi connectivity index (χ3v) is 4.45. The van der Waals surface area contributed by atoms with E-state index in [1.54, 1.807) is 0 Å². The zero-order valence-corrected chi connectivity index (χ0v) is 15.0. The van der Waals surface area contributed by atoms with Crippen LogP contribution >= 0.6 is 0 Å². The van der Waals surface area contributed by atoms with Gasteiger partial charge < -0.3 is 5.32 Å². The van der Waals surface area contributed by atoms with E-state index in [0.29, 0.717) is 0 Å². The fraction of sp³-hybridized carbons (Fsp3) is 0. The molecule has 0 saturated heterocycles. The van der Waals surface area contributed by atoms with E-state index < -0.39 is 0 Å². The van der Waals surface area contributed by atoms with Gasteiger partial charge in [0, 0.05) is 11.4 Å². The molecule has 0 aliphatic carbocycles. The van der Waals surface area contributed by atoms with Gasteiger partial charge in [-0.2, -0.15) is 0 Å². The lowest BCUT2D eigenvalue weighted by Crippen LogP contribution is -1.90. The van der Waals surface area contributed by atoms with Gasteiger partial charge in [0.05, 0.1) is 0 Å². The molecule has 0 amide bonds. The molecule has 4 aromatic rings. The molecule has 1 N–H and O–H groups in total. The monoisotopic (exact) mass is 347 g/mol. The Kier molecular flexibility index (Phi) is 5.12. The first-order valence-electron chi connectivity index (χ1n) is 9.13. The maximum absolute atomic E-state index is 3.43. The highest BCUT2D eigenvalue weighted by atomic mass is 14.9. The first-order valence-corrected chi connectivity index (χ1v) is 9.13. The minimum atomic E-state index is 1.08. The van der Waals surface area contributed by atoms with E-state index in [-0.39, 0.29) is 0 Å². The molecule has 1 nitrogen and oxygen atoms in total. The van der Waals surface area contributed by atoms with E-state index in [1.165, 1.54) is 22.3 Å². The highest BCUT2D eigenvalue weighted by Crippen LogP contribution is 2.26. The van der Waals surface area contributed by atoms with Gasteiger partial charge in [0.2, 0.25) is 0 Å². The minimum absolute atomic E-state index is 1.08. The second kappa shape index (κ2) is 8.20. The Hall–Kier alpha value is -3.58.